The van der Waals surface area contributed by atoms with Gasteiger partial charge in [0.15, 0.2) is 4.96 Å². The maximum atomic E-state index is 6.09. The molecule has 5 heteroatoms. The third-order valence-electron chi connectivity index (χ3n) is 3.18. The average molecular weight is 292 g/mol. The molecule has 0 spiro atoms. The predicted octanol–water partition coefficient (Wildman–Crippen LogP) is 3.79. The summed E-state index contributed by atoms with van der Waals surface area (Å²) in [7, 11) is 0. The van der Waals surface area contributed by atoms with E-state index in [4.69, 9.17) is 17.3 Å². The molecule has 2 heterocycles. The lowest BCUT2D eigenvalue weighted by molar-refractivity contribution is 1.02. The Morgan fingerprint density at radius 2 is 2.16 bits per heavy atom. The highest BCUT2D eigenvalue weighted by molar-refractivity contribution is 7.17. The Balaban J connectivity index is 2.25. The van der Waals surface area contributed by atoms with Crippen LogP contribution < -0.4 is 5.73 Å². The highest BCUT2D eigenvalue weighted by atomic mass is 35.5. The summed E-state index contributed by atoms with van der Waals surface area (Å²) in [5, 5.41) is 0.793. The molecule has 0 radical (unpaired) electrons. The Bertz CT molecular complexity index is 757. The number of imidazole rings is 1. The van der Waals surface area contributed by atoms with Crippen molar-refractivity contribution in [3.05, 3.63) is 45.6 Å². The van der Waals surface area contributed by atoms with Crippen molar-refractivity contribution < 1.29 is 0 Å². The molecule has 0 fully saturated rings. The SMILES string of the molecule is Cc1cc(-c2c(C)sc3nc(CN)cn23)ccc1Cl. The second kappa shape index (κ2) is 4.63. The predicted molar refractivity (Wildman–Crippen MR) is 80.9 cm³/mol. The molecule has 1 aromatic carbocycles. The number of aromatic nitrogens is 2. The van der Waals surface area contributed by atoms with Gasteiger partial charge in [-0.25, -0.2) is 4.98 Å². The van der Waals surface area contributed by atoms with Crippen molar-refractivity contribution in [2.24, 2.45) is 5.73 Å². The normalized spacial score (nSPS) is 11.4. The molecule has 2 N–H and O–H groups in total. The second-order valence-corrected chi connectivity index (χ2v) is 6.15. The molecular formula is C14H14ClN3S. The Kier molecular flexibility index (Phi) is 3.09. The van der Waals surface area contributed by atoms with E-state index < -0.39 is 0 Å². The minimum absolute atomic E-state index is 0.465. The van der Waals surface area contributed by atoms with E-state index in [0.717, 1.165) is 26.8 Å². The van der Waals surface area contributed by atoms with Crippen molar-refractivity contribution in [3.8, 4) is 11.3 Å². The van der Waals surface area contributed by atoms with E-state index in [9.17, 15) is 0 Å². The van der Waals surface area contributed by atoms with Gasteiger partial charge in [-0.2, -0.15) is 0 Å². The fourth-order valence-electron chi connectivity index (χ4n) is 2.23. The third-order valence-corrected chi connectivity index (χ3v) is 4.58. The van der Waals surface area contributed by atoms with Gasteiger partial charge in [0.1, 0.15) is 0 Å². The van der Waals surface area contributed by atoms with Crippen molar-refractivity contribution in [2.75, 3.05) is 0 Å². The molecule has 0 unspecified atom stereocenters. The molecule has 0 saturated heterocycles. The molecule has 3 nitrogen and oxygen atoms in total. The zero-order valence-corrected chi connectivity index (χ0v) is 12.3. The molecule has 0 atom stereocenters. The fourth-order valence-corrected chi connectivity index (χ4v) is 3.34. The van der Waals surface area contributed by atoms with E-state index in [2.05, 4.69) is 22.4 Å². The largest absolute Gasteiger partial charge is 0.325 e. The van der Waals surface area contributed by atoms with Crippen LogP contribution >= 0.6 is 22.9 Å². The average Bonchev–Trinajstić information content (AvgIpc) is 2.89. The molecule has 98 valence electrons. The number of fused-ring (bicyclic) bond motifs is 1. The standard InChI is InChI=1S/C14H14ClN3S/c1-8-5-10(3-4-12(8)15)13-9(2)19-14-17-11(6-16)7-18(13)14/h3-5,7H,6,16H2,1-2H3. The zero-order chi connectivity index (χ0) is 13.6. The van der Waals surface area contributed by atoms with Crippen molar-refractivity contribution in [2.45, 2.75) is 20.4 Å². The minimum Gasteiger partial charge on any atom is -0.325 e. The van der Waals surface area contributed by atoms with Crippen molar-refractivity contribution in [3.63, 3.8) is 0 Å². The second-order valence-electron chi connectivity index (χ2n) is 4.56. The smallest absolute Gasteiger partial charge is 0.194 e. The summed E-state index contributed by atoms with van der Waals surface area (Å²) in [6, 6.07) is 6.10. The lowest BCUT2D eigenvalue weighted by atomic mass is 10.1. The van der Waals surface area contributed by atoms with E-state index >= 15 is 0 Å². The van der Waals surface area contributed by atoms with Gasteiger partial charge >= 0.3 is 0 Å². The van der Waals surface area contributed by atoms with Crippen LogP contribution in [-0.2, 0) is 6.54 Å². The summed E-state index contributed by atoms with van der Waals surface area (Å²) in [5.74, 6) is 0. The monoisotopic (exact) mass is 291 g/mol. The molecule has 2 aromatic heterocycles. The fraction of sp³-hybridized carbons (Fsp3) is 0.214. The number of rotatable bonds is 2. The van der Waals surface area contributed by atoms with E-state index in [-0.39, 0.29) is 0 Å². The van der Waals surface area contributed by atoms with Gasteiger partial charge in [0.2, 0.25) is 0 Å². The van der Waals surface area contributed by atoms with Gasteiger partial charge in [0.05, 0.1) is 11.4 Å². The molecule has 0 aliphatic heterocycles. The van der Waals surface area contributed by atoms with Crippen LogP contribution in [-0.4, -0.2) is 9.38 Å². The highest BCUT2D eigenvalue weighted by Crippen LogP contribution is 2.33. The Morgan fingerprint density at radius 1 is 1.37 bits per heavy atom. The molecule has 0 amide bonds. The maximum Gasteiger partial charge on any atom is 0.194 e. The van der Waals surface area contributed by atoms with Crippen molar-refractivity contribution in [1.82, 2.24) is 9.38 Å². The first-order valence-electron chi connectivity index (χ1n) is 6.04. The number of hydrogen-bond donors (Lipinski definition) is 1. The molecule has 19 heavy (non-hydrogen) atoms. The summed E-state index contributed by atoms with van der Waals surface area (Å²) < 4.78 is 2.12. The Hall–Kier alpha value is -1.36. The van der Waals surface area contributed by atoms with Gasteiger partial charge in [-0.3, -0.25) is 4.40 Å². The lowest BCUT2D eigenvalue weighted by Gasteiger charge is -2.05. The number of benzene rings is 1. The highest BCUT2D eigenvalue weighted by Gasteiger charge is 2.14. The third kappa shape index (κ3) is 2.06. The summed E-state index contributed by atoms with van der Waals surface area (Å²) in [5.41, 5.74) is 9.98. The molecule has 3 rings (SSSR count). The number of hydrogen-bond acceptors (Lipinski definition) is 3. The van der Waals surface area contributed by atoms with Crippen molar-refractivity contribution in [1.29, 1.82) is 0 Å². The van der Waals surface area contributed by atoms with Crippen LogP contribution in [0.25, 0.3) is 16.2 Å². The van der Waals surface area contributed by atoms with Crippen LogP contribution in [0.5, 0.6) is 0 Å². The number of nitrogens with zero attached hydrogens (tertiary/aromatic N) is 2. The Morgan fingerprint density at radius 3 is 2.84 bits per heavy atom. The van der Waals surface area contributed by atoms with Gasteiger partial charge in [-0.15, -0.1) is 11.3 Å². The number of thiazole rings is 1. The zero-order valence-electron chi connectivity index (χ0n) is 10.8. The maximum absolute atomic E-state index is 6.09. The summed E-state index contributed by atoms with van der Waals surface area (Å²) in [4.78, 5) is 6.74. The van der Waals surface area contributed by atoms with E-state index in [1.54, 1.807) is 11.3 Å². The van der Waals surface area contributed by atoms with Gasteiger partial charge in [0.25, 0.3) is 0 Å². The van der Waals surface area contributed by atoms with Crippen molar-refractivity contribution >= 4 is 27.9 Å². The first kappa shape index (κ1) is 12.7. The van der Waals surface area contributed by atoms with Gasteiger partial charge in [0, 0.05) is 28.2 Å². The topological polar surface area (TPSA) is 43.3 Å². The lowest BCUT2D eigenvalue weighted by Crippen LogP contribution is -1.95. The van der Waals surface area contributed by atoms with Gasteiger partial charge < -0.3 is 5.73 Å². The van der Waals surface area contributed by atoms with Crippen LogP contribution in [0.2, 0.25) is 5.02 Å². The molecule has 0 bridgehead atoms. The van der Waals surface area contributed by atoms with Crippen LogP contribution in [0, 0.1) is 13.8 Å². The van der Waals surface area contributed by atoms with Crippen LogP contribution in [0.1, 0.15) is 16.1 Å². The first-order valence-corrected chi connectivity index (χ1v) is 7.23. The van der Waals surface area contributed by atoms with E-state index in [1.807, 2.05) is 25.3 Å². The summed E-state index contributed by atoms with van der Waals surface area (Å²) in [6.07, 6.45) is 2.01. The first-order chi connectivity index (χ1) is 9.10. The van der Waals surface area contributed by atoms with Gasteiger partial charge in [-0.05, 0) is 31.5 Å². The summed E-state index contributed by atoms with van der Waals surface area (Å²) >= 11 is 7.78. The van der Waals surface area contributed by atoms with Crippen LogP contribution in [0.3, 0.4) is 0 Å². The Labute approximate surface area is 120 Å². The van der Waals surface area contributed by atoms with E-state index in [1.165, 1.54) is 10.6 Å². The number of halogens is 1. The van der Waals surface area contributed by atoms with Crippen LogP contribution in [0.15, 0.2) is 24.4 Å². The number of aryl methyl sites for hydroxylation is 2. The molecule has 0 saturated carbocycles. The molecule has 3 aromatic rings. The van der Waals surface area contributed by atoms with E-state index in [0.29, 0.717) is 6.54 Å². The number of nitrogens with two attached hydrogens (primary N) is 1. The molecular weight excluding hydrogens is 278 g/mol. The molecule has 0 aliphatic carbocycles. The minimum atomic E-state index is 0.465. The quantitative estimate of drug-likeness (QED) is 0.780. The van der Waals surface area contributed by atoms with Gasteiger partial charge in [-0.1, -0.05) is 17.7 Å². The van der Waals surface area contributed by atoms with Crippen LogP contribution in [0.4, 0.5) is 0 Å². The molecule has 0 aliphatic rings. The summed E-state index contributed by atoms with van der Waals surface area (Å²) in [6.45, 7) is 4.59.